The smallest absolute Gasteiger partial charge is 0.274 e. The van der Waals surface area contributed by atoms with E-state index in [-0.39, 0.29) is 5.91 Å². The van der Waals surface area contributed by atoms with E-state index in [0.717, 1.165) is 24.9 Å². The molecular formula is C17H22N4O2. The number of methoxy groups -OCH3 is 1. The average Bonchev–Trinajstić information content (AvgIpc) is 2.55. The van der Waals surface area contributed by atoms with Gasteiger partial charge in [0.1, 0.15) is 23.6 Å². The maximum atomic E-state index is 12.4. The Bertz CT molecular complexity index is 673. The van der Waals surface area contributed by atoms with Gasteiger partial charge in [0, 0.05) is 12.6 Å². The molecule has 0 aliphatic heterocycles. The van der Waals surface area contributed by atoms with Gasteiger partial charge in [0.15, 0.2) is 0 Å². The molecule has 1 aromatic carbocycles. The van der Waals surface area contributed by atoms with E-state index in [1.54, 1.807) is 13.2 Å². The predicted molar refractivity (Wildman–Crippen MR) is 91.1 cm³/mol. The van der Waals surface area contributed by atoms with Crippen LogP contribution in [0.4, 0.5) is 11.5 Å². The number of carbonyl (C=O) groups is 1. The van der Waals surface area contributed by atoms with Gasteiger partial charge in [0.25, 0.3) is 5.91 Å². The number of nitrogens with one attached hydrogen (secondary N) is 2. The second-order valence-corrected chi connectivity index (χ2v) is 5.23. The maximum Gasteiger partial charge on any atom is 0.274 e. The molecule has 0 fully saturated rings. The molecule has 122 valence electrons. The molecule has 0 aliphatic rings. The molecule has 6 heteroatoms. The SMILES string of the molecule is CCCCNc1cc(C(=O)Nc2cc(C)ccc2OC)ncn1. The van der Waals surface area contributed by atoms with E-state index in [1.165, 1.54) is 6.33 Å². The Hall–Kier alpha value is -2.63. The van der Waals surface area contributed by atoms with Gasteiger partial charge in [-0.25, -0.2) is 9.97 Å². The monoisotopic (exact) mass is 314 g/mol. The van der Waals surface area contributed by atoms with Crippen LogP contribution < -0.4 is 15.4 Å². The summed E-state index contributed by atoms with van der Waals surface area (Å²) in [4.78, 5) is 20.6. The number of aromatic nitrogens is 2. The van der Waals surface area contributed by atoms with Crippen LogP contribution in [0.15, 0.2) is 30.6 Å². The molecule has 0 saturated carbocycles. The van der Waals surface area contributed by atoms with Crippen LogP contribution in [0.5, 0.6) is 5.75 Å². The second kappa shape index (κ2) is 8.12. The Kier molecular flexibility index (Phi) is 5.91. The quantitative estimate of drug-likeness (QED) is 0.767. The third-order valence-corrected chi connectivity index (χ3v) is 3.34. The summed E-state index contributed by atoms with van der Waals surface area (Å²) in [6.07, 6.45) is 3.53. The fourth-order valence-electron chi connectivity index (χ4n) is 2.08. The minimum Gasteiger partial charge on any atom is -0.495 e. The van der Waals surface area contributed by atoms with Crippen LogP contribution >= 0.6 is 0 Å². The molecule has 0 saturated heterocycles. The molecule has 1 amide bonds. The molecule has 0 spiro atoms. The zero-order chi connectivity index (χ0) is 16.7. The van der Waals surface area contributed by atoms with Gasteiger partial charge >= 0.3 is 0 Å². The summed E-state index contributed by atoms with van der Waals surface area (Å²) in [5.41, 5.74) is 1.96. The van der Waals surface area contributed by atoms with Gasteiger partial charge in [-0.1, -0.05) is 19.4 Å². The number of amides is 1. The number of aryl methyl sites for hydroxylation is 1. The minimum atomic E-state index is -0.296. The van der Waals surface area contributed by atoms with E-state index in [9.17, 15) is 4.79 Å². The molecule has 1 heterocycles. The molecule has 0 aliphatic carbocycles. The Labute approximate surface area is 136 Å². The minimum absolute atomic E-state index is 0.296. The lowest BCUT2D eigenvalue weighted by atomic mass is 10.2. The van der Waals surface area contributed by atoms with Crippen molar-refractivity contribution in [2.24, 2.45) is 0 Å². The first-order valence-electron chi connectivity index (χ1n) is 7.66. The average molecular weight is 314 g/mol. The Morgan fingerprint density at radius 2 is 2.09 bits per heavy atom. The van der Waals surface area contributed by atoms with Crippen molar-refractivity contribution >= 4 is 17.4 Å². The van der Waals surface area contributed by atoms with Crippen LogP contribution in [0, 0.1) is 6.92 Å². The molecule has 0 unspecified atom stereocenters. The molecule has 1 aromatic heterocycles. The van der Waals surface area contributed by atoms with Crippen LogP contribution in [0.25, 0.3) is 0 Å². The molecule has 2 rings (SSSR count). The highest BCUT2D eigenvalue weighted by Crippen LogP contribution is 2.25. The fourth-order valence-corrected chi connectivity index (χ4v) is 2.08. The zero-order valence-corrected chi connectivity index (χ0v) is 13.7. The zero-order valence-electron chi connectivity index (χ0n) is 13.7. The van der Waals surface area contributed by atoms with E-state index in [0.29, 0.717) is 22.9 Å². The molecule has 6 nitrogen and oxygen atoms in total. The number of rotatable bonds is 7. The van der Waals surface area contributed by atoms with Crippen molar-refractivity contribution in [1.82, 2.24) is 9.97 Å². The summed E-state index contributed by atoms with van der Waals surface area (Å²) in [7, 11) is 1.57. The van der Waals surface area contributed by atoms with Gasteiger partial charge in [0.05, 0.1) is 12.8 Å². The third kappa shape index (κ3) is 4.67. The first-order chi connectivity index (χ1) is 11.1. The van der Waals surface area contributed by atoms with E-state index >= 15 is 0 Å². The highest BCUT2D eigenvalue weighted by molar-refractivity contribution is 6.04. The third-order valence-electron chi connectivity index (χ3n) is 3.34. The molecule has 2 aromatic rings. The van der Waals surface area contributed by atoms with Crippen molar-refractivity contribution < 1.29 is 9.53 Å². The first-order valence-corrected chi connectivity index (χ1v) is 7.66. The fraction of sp³-hybridized carbons (Fsp3) is 0.353. The van der Waals surface area contributed by atoms with E-state index < -0.39 is 0 Å². The summed E-state index contributed by atoms with van der Waals surface area (Å²) < 4.78 is 5.27. The van der Waals surface area contributed by atoms with Crippen LogP contribution in [0.1, 0.15) is 35.8 Å². The molecule has 0 bridgehead atoms. The van der Waals surface area contributed by atoms with Gasteiger partial charge in [-0.15, -0.1) is 0 Å². The summed E-state index contributed by atoms with van der Waals surface area (Å²) in [6.45, 7) is 4.89. The highest BCUT2D eigenvalue weighted by atomic mass is 16.5. The van der Waals surface area contributed by atoms with E-state index in [1.807, 2.05) is 25.1 Å². The lowest BCUT2D eigenvalue weighted by Gasteiger charge is -2.11. The Morgan fingerprint density at radius 1 is 1.26 bits per heavy atom. The van der Waals surface area contributed by atoms with Crippen LogP contribution in [0.2, 0.25) is 0 Å². The molecule has 23 heavy (non-hydrogen) atoms. The van der Waals surface area contributed by atoms with Crippen molar-refractivity contribution in [3.63, 3.8) is 0 Å². The maximum absolute atomic E-state index is 12.4. The van der Waals surface area contributed by atoms with Crippen LogP contribution in [-0.2, 0) is 0 Å². The Morgan fingerprint density at radius 3 is 2.83 bits per heavy atom. The summed E-state index contributed by atoms with van der Waals surface area (Å²) in [6, 6.07) is 7.25. The van der Waals surface area contributed by atoms with Gasteiger partial charge < -0.3 is 15.4 Å². The van der Waals surface area contributed by atoms with Crippen LogP contribution in [-0.4, -0.2) is 29.5 Å². The normalized spacial score (nSPS) is 10.2. The highest BCUT2D eigenvalue weighted by Gasteiger charge is 2.12. The summed E-state index contributed by atoms with van der Waals surface area (Å²) in [5, 5.41) is 6.01. The van der Waals surface area contributed by atoms with Gasteiger partial charge in [-0.2, -0.15) is 0 Å². The van der Waals surface area contributed by atoms with Gasteiger partial charge in [-0.05, 0) is 31.0 Å². The van der Waals surface area contributed by atoms with E-state index in [4.69, 9.17) is 4.74 Å². The lowest BCUT2D eigenvalue weighted by molar-refractivity contribution is 0.102. The lowest BCUT2D eigenvalue weighted by Crippen LogP contribution is -2.15. The van der Waals surface area contributed by atoms with Crippen molar-refractivity contribution in [3.8, 4) is 5.75 Å². The standard InChI is InChI=1S/C17H22N4O2/c1-4-5-8-18-16-10-14(19-11-20-16)17(22)21-13-9-12(2)6-7-15(13)23-3/h6-7,9-11H,4-5,8H2,1-3H3,(H,21,22)(H,18,19,20). The predicted octanol–water partition coefficient (Wildman–Crippen LogP) is 3.26. The van der Waals surface area contributed by atoms with E-state index in [2.05, 4.69) is 27.5 Å². The number of carbonyl (C=O) groups excluding carboxylic acids is 1. The molecular weight excluding hydrogens is 292 g/mol. The Balaban J connectivity index is 2.11. The van der Waals surface area contributed by atoms with Gasteiger partial charge in [0.2, 0.25) is 0 Å². The second-order valence-electron chi connectivity index (χ2n) is 5.23. The number of unbranched alkanes of at least 4 members (excludes halogenated alkanes) is 1. The molecule has 0 atom stereocenters. The number of nitrogens with zero attached hydrogens (tertiary/aromatic N) is 2. The number of hydrogen-bond donors (Lipinski definition) is 2. The van der Waals surface area contributed by atoms with Crippen molar-refractivity contribution in [2.75, 3.05) is 24.3 Å². The number of anilines is 2. The summed E-state index contributed by atoms with van der Waals surface area (Å²) >= 11 is 0. The number of hydrogen-bond acceptors (Lipinski definition) is 5. The first kappa shape index (κ1) is 16.7. The van der Waals surface area contributed by atoms with Crippen molar-refractivity contribution in [2.45, 2.75) is 26.7 Å². The van der Waals surface area contributed by atoms with Crippen molar-refractivity contribution in [1.29, 1.82) is 0 Å². The van der Waals surface area contributed by atoms with Gasteiger partial charge in [-0.3, -0.25) is 4.79 Å². The summed E-state index contributed by atoms with van der Waals surface area (Å²) in [5.74, 6) is 0.962. The van der Waals surface area contributed by atoms with Crippen LogP contribution in [0.3, 0.4) is 0 Å². The largest absolute Gasteiger partial charge is 0.495 e. The number of ether oxygens (including phenoxy) is 1. The van der Waals surface area contributed by atoms with Crippen molar-refractivity contribution in [3.05, 3.63) is 41.9 Å². The molecule has 0 radical (unpaired) electrons. The molecule has 2 N–H and O–H groups in total. The number of benzene rings is 1. The topological polar surface area (TPSA) is 76.1 Å².